The second-order valence-electron chi connectivity index (χ2n) is 3.54. The first-order chi connectivity index (χ1) is 9.13. The van der Waals surface area contributed by atoms with Gasteiger partial charge in [0.2, 0.25) is 9.54 Å². The fourth-order valence-electron chi connectivity index (χ4n) is 1.45. The molecule has 1 aromatic carbocycles. The fourth-order valence-corrected chi connectivity index (χ4v) is 1.88. The highest BCUT2D eigenvalue weighted by Crippen LogP contribution is 2.28. The van der Waals surface area contributed by atoms with Gasteiger partial charge >= 0.3 is 0 Å². The highest BCUT2D eigenvalue weighted by Gasteiger charge is 2.05. The van der Waals surface area contributed by atoms with Crippen LogP contribution >= 0.6 is 24.4 Å². The summed E-state index contributed by atoms with van der Waals surface area (Å²) in [4.78, 5) is 0. The maximum atomic E-state index is 9.99. The maximum Gasteiger partial charge on any atom is 0.215 e. The van der Waals surface area contributed by atoms with E-state index in [1.165, 1.54) is 10.9 Å². The summed E-state index contributed by atoms with van der Waals surface area (Å²) in [6.45, 7) is 2.32. The molecule has 3 N–H and O–H groups in total. The molecule has 1 aromatic heterocycles. The van der Waals surface area contributed by atoms with Crippen LogP contribution in [0.4, 0.5) is 0 Å². The molecule has 100 valence electrons. The van der Waals surface area contributed by atoms with Gasteiger partial charge in [0.05, 0.1) is 12.8 Å². The molecule has 0 saturated carbocycles. The topological polar surface area (TPSA) is 78.3 Å². The zero-order valence-corrected chi connectivity index (χ0v) is 11.7. The van der Waals surface area contributed by atoms with Crippen LogP contribution in [0, 0.1) is 9.54 Å². The molecular formula is C11H12N4O2S2. The molecule has 0 bridgehead atoms. The lowest BCUT2D eigenvalue weighted by atomic mass is 10.2. The Morgan fingerprint density at radius 3 is 2.68 bits per heavy atom. The van der Waals surface area contributed by atoms with Crippen LogP contribution in [0.25, 0.3) is 0 Å². The van der Waals surface area contributed by atoms with E-state index in [-0.39, 0.29) is 5.75 Å². The van der Waals surface area contributed by atoms with E-state index in [1.54, 1.807) is 18.2 Å². The Kier molecular flexibility index (Phi) is 4.13. The first-order valence-corrected chi connectivity index (χ1v) is 6.34. The number of aromatic nitrogens is 3. The van der Waals surface area contributed by atoms with Gasteiger partial charge in [0.15, 0.2) is 11.5 Å². The molecule has 0 aliphatic heterocycles. The number of ether oxygens (including phenoxy) is 1. The third kappa shape index (κ3) is 2.91. The smallest absolute Gasteiger partial charge is 0.215 e. The average Bonchev–Trinajstić information content (AvgIpc) is 2.71. The van der Waals surface area contributed by atoms with Crippen LogP contribution in [0.1, 0.15) is 12.5 Å². The van der Waals surface area contributed by atoms with Crippen molar-refractivity contribution in [1.29, 1.82) is 0 Å². The standard InChI is InChI=1S/C11H12N4O2S2/c1-2-17-8-5-3-4-7(9(8)16)6-12-15-10(18)13-14-11(15)19/h3-6,16H,2H2,1H3,(H,13,18)(H,14,19)/b12-6+. The minimum atomic E-state index is 0.0325. The number of phenolic OH excluding ortho intramolecular Hbond substituents is 1. The lowest BCUT2D eigenvalue weighted by molar-refractivity contribution is 0.318. The number of phenols is 1. The lowest BCUT2D eigenvalue weighted by Gasteiger charge is -2.06. The molecule has 0 amide bonds. The van der Waals surface area contributed by atoms with Crippen LogP contribution in [-0.2, 0) is 0 Å². The van der Waals surface area contributed by atoms with E-state index < -0.39 is 0 Å². The summed E-state index contributed by atoms with van der Waals surface area (Å²) in [5, 5.41) is 19.4. The van der Waals surface area contributed by atoms with Gasteiger partial charge in [-0.2, -0.15) is 9.78 Å². The lowest BCUT2D eigenvalue weighted by Crippen LogP contribution is -1.95. The Hall–Kier alpha value is -1.93. The third-order valence-electron chi connectivity index (χ3n) is 2.30. The molecule has 0 fully saturated rings. The zero-order chi connectivity index (χ0) is 13.8. The number of aromatic hydroxyl groups is 1. The molecule has 8 heteroatoms. The van der Waals surface area contributed by atoms with Crippen LogP contribution in [0.2, 0.25) is 0 Å². The summed E-state index contributed by atoms with van der Waals surface area (Å²) in [6.07, 6.45) is 1.46. The van der Waals surface area contributed by atoms with E-state index in [1.807, 2.05) is 6.92 Å². The van der Waals surface area contributed by atoms with Crippen LogP contribution in [0.15, 0.2) is 23.3 Å². The zero-order valence-electron chi connectivity index (χ0n) is 10.1. The minimum absolute atomic E-state index is 0.0325. The van der Waals surface area contributed by atoms with E-state index in [0.29, 0.717) is 27.5 Å². The summed E-state index contributed by atoms with van der Waals surface area (Å²) in [6, 6.07) is 5.16. The van der Waals surface area contributed by atoms with Gasteiger partial charge in [0, 0.05) is 5.56 Å². The predicted molar refractivity (Wildman–Crippen MR) is 77.1 cm³/mol. The quantitative estimate of drug-likeness (QED) is 0.598. The second-order valence-corrected chi connectivity index (χ2v) is 4.32. The van der Waals surface area contributed by atoms with Crippen LogP contribution in [0.3, 0.4) is 0 Å². The van der Waals surface area contributed by atoms with E-state index in [0.717, 1.165) is 0 Å². The number of H-pyrrole nitrogens is 2. The molecule has 0 atom stereocenters. The first-order valence-electron chi connectivity index (χ1n) is 5.52. The molecule has 2 aromatic rings. The van der Waals surface area contributed by atoms with Gasteiger partial charge in [-0.3, -0.25) is 10.2 Å². The number of hydrogen-bond donors (Lipinski definition) is 3. The van der Waals surface area contributed by atoms with Gasteiger partial charge < -0.3 is 9.84 Å². The molecule has 0 spiro atoms. The van der Waals surface area contributed by atoms with E-state index in [2.05, 4.69) is 15.3 Å². The van der Waals surface area contributed by atoms with Gasteiger partial charge in [0.25, 0.3) is 0 Å². The Bertz CT molecular complexity index is 686. The average molecular weight is 296 g/mol. The van der Waals surface area contributed by atoms with Crippen molar-refractivity contribution >= 4 is 30.7 Å². The summed E-state index contributed by atoms with van der Waals surface area (Å²) in [5.74, 6) is 0.444. The van der Waals surface area contributed by atoms with Gasteiger partial charge in [-0.05, 0) is 43.5 Å². The Morgan fingerprint density at radius 1 is 1.37 bits per heavy atom. The highest BCUT2D eigenvalue weighted by molar-refractivity contribution is 7.72. The second kappa shape index (κ2) is 5.81. The molecular weight excluding hydrogens is 284 g/mol. The van der Waals surface area contributed by atoms with Crippen LogP contribution < -0.4 is 4.74 Å². The number of nitrogens with zero attached hydrogens (tertiary/aromatic N) is 2. The van der Waals surface area contributed by atoms with Crippen molar-refractivity contribution in [2.45, 2.75) is 6.92 Å². The molecule has 0 aliphatic rings. The van der Waals surface area contributed by atoms with Crippen molar-refractivity contribution in [3.8, 4) is 11.5 Å². The monoisotopic (exact) mass is 296 g/mol. The number of nitrogens with one attached hydrogen (secondary N) is 2. The number of aromatic amines is 2. The number of para-hydroxylation sites is 1. The largest absolute Gasteiger partial charge is 0.504 e. The van der Waals surface area contributed by atoms with Crippen molar-refractivity contribution in [2.75, 3.05) is 6.61 Å². The Balaban J connectivity index is 2.37. The number of benzene rings is 1. The van der Waals surface area contributed by atoms with Crippen molar-refractivity contribution in [3.05, 3.63) is 33.3 Å². The van der Waals surface area contributed by atoms with E-state index >= 15 is 0 Å². The summed E-state index contributed by atoms with van der Waals surface area (Å²) < 4.78 is 7.33. The first kappa shape index (κ1) is 13.5. The molecule has 19 heavy (non-hydrogen) atoms. The van der Waals surface area contributed by atoms with E-state index in [4.69, 9.17) is 29.2 Å². The van der Waals surface area contributed by atoms with Gasteiger partial charge in [-0.15, -0.1) is 0 Å². The Morgan fingerprint density at radius 2 is 2.05 bits per heavy atom. The SMILES string of the molecule is CCOc1cccc(/C=N/n2c(=S)[nH][nH]c2=S)c1O. The maximum absolute atomic E-state index is 9.99. The molecule has 0 radical (unpaired) electrons. The molecule has 0 aliphatic carbocycles. The third-order valence-corrected chi connectivity index (χ3v) is 2.85. The summed E-state index contributed by atoms with van der Waals surface area (Å²) in [7, 11) is 0. The molecule has 1 heterocycles. The van der Waals surface area contributed by atoms with Gasteiger partial charge in [0.1, 0.15) is 0 Å². The van der Waals surface area contributed by atoms with Gasteiger partial charge in [-0.25, -0.2) is 0 Å². The van der Waals surface area contributed by atoms with E-state index in [9.17, 15) is 5.11 Å². The van der Waals surface area contributed by atoms with Crippen LogP contribution in [0.5, 0.6) is 11.5 Å². The number of hydrogen-bond acceptors (Lipinski definition) is 5. The minimum Gasteiger partial charge on any atom is -0.504 e. The Labute approximate surface area is 119 Å². The normalized spacial score (nSPS) is 11.0. The fraction of sp³-hybridized carbons (Fsp3) is 0.182. The number of rotatable bonds is 4. The predicted octanol–water partition coefficient (Wildman–Crippen LogP) is 2.59. The highest BCUT2D eigenvalue weighted by atomic mass is 32.1. The molecule has 2 rings (SSSR count). The van der Waals surface area contributed by atoms with Crippen molar-refractivity contribution in [2.24, 2.45) is 5.10 Å². The van der Waals surface area contributed by atoms with Crippen molar-refractivity contribution < 1.29 is 9.84 Å². The van der Waals surface area contributed by atoms with Crippen molar-refractivity contribution in [1.82, 2.24) is 14.9 Å². The summed E-state index contributed by atoms with van der Waals surface area (Å²) >= 11 is 9.99. The summed E-state index contributed by atoms with van der Waals surface area (Å²) in [5.41, 5.74) is 0.517. The molecule has 0 unspecified atom stereocenters. The molecule has 0 saturated heterocycles. The molecule has 6 nitrogen and oxygen atoms in total. The van der Waals surface area contributed by atoms with Crippen LogP contribution in [-0.4, -0.2) is 32.8 Å². The van der Waals surface area contributed by atoms with Crippen molar-refractivity contribution in [3.63, 3.8) is 0 Å². The van der Waals surface area contributed by atoms with Gasteiger partial charge in [-0.1, -0.05) is 6.07 Å².